The monoisotopic (exact) mass is 293 g/mol. The summed E-state index contributed by atoms with van der Waals surface area (Å²) in [6, 6.07) is 5.52. The van der Waals surface area contributed by atoms with Crippen LogP contribution in [0.5, 0.6) is 0 Å². The molecule has 1 saturated carbocycles. The van der Waals surface area contributed by atoms with Gasteiger partial charge in [-0.1, -0.05) is 23.7 Å². The first-order chi connectivity index (χ1) is 9.43. The van der Waals surface area contributed by atoms with Gasteiger partial charge in [0, 0.05) is 17.6 Å². The van der Waals surface area contributed by atoms with Crippen LogP contribution in [0, 0.1) is 12.3 Å². The summed E-state index contributed by atoms with van der Waals surface area (Å²) in [5.41, 5.74) is 1.07. The summed E-state index contributed by atoms with van der Waals surface area (Å²) in [5, 5.41) is 12.3. The van der Waals surface area contributed by atoms with Crippen molar-refractivity contribution in [1.82, 2.24) is 5.32 Å². The Bertz CT molecular complexity index is 576. The number of carbonyl (C=O) groups excluding carboxylic acids is 1. The smallest absolute Gasteiger partial charge is 0.311 e. The number of hydrogen-bond acceptors (Lipinski definition) is 2. The van der Waals surface area contributed by atoms with Crippen molar-refractivity contribution in [3.63, 3.8) is 0 Å². The third-order valence-electron chi connectivity index (χ3n) is 3.53. The summed E-state index contributed by atoms with van der Waals surface area (Å²) in [6.07, 6.45) is 4.29. The van der Waals surface area contributed by atoms with Crippen molar-refractivity contribution in [2.75, 3.05) is 6.54 Å². The lowest BCUT2D eigenvalue weighted by Gasteiger charge is -2.09. The van der Waals surface area contributed by atoms with E-state index in [2.05, 4.69) is 5.32 Å². The molecule has 0 unspecified atom stereocenters. The lowest BCUT2D eigenvalue weighted by Crippen LogP contribution is -2.33. The second kappa shape index (κ2) is 5.67. The van der Waals surface area contributed by atoms with Crippen molar-refractivity contribution in [3.8, 4) is 0 Å². The van der Waals surface area contributed by atoms with Gasteiger partial charge in [-0.05, 0) is 43.0 Å². The minimum Gasteiger partial charge on any atom is -0.481 e. The number of aryl methyl sites for hydroxylation is 1. The van der Waals surface area contributed by atoms with Crippen molar-refractivity contribution in [1.29, 1.82) is 0 Å². The lowest BCUT2D eigenvalue weighted by atomic mass is 10.1. The van der Waals surface area contributed by atoms with Gasteiger partial charge in [-0.3, -0.25) is 9.59 Å². The molecule has 0 aliphatic heterocycles. The van der Waals surface area contributed by atoms with E-state index in [4.69, 9.17) is 16.7 Å². The topological polar surface area (TPSA) is 66.4 Å². The van der Waals surface area contributed by atoms with E-state index < -0.39 is 11.4 Å². The third-order valence-corrected chi connectivity index (χ3v) is 3.94. The number of nitrogens with one attached hydrogen (secondary N) is 1. The van der Waals surface area contributed by atoms with Crippen molar-refractivity contribution in [2.24, 2.45) is 5.41 Å². The summed E-state index contributed by atoms with van der Waals surface area (Å²) in [4.78, 5) is 22.6. The molecule has 0 radical (unpaired) electrons. The normalized spacial score (nSPS) is 16.1. The van der Waals surface area contributed by atoms with E-state index in [1.807, 2.05) is 19.1 Å². The predicted molar refractivity (Wildman–Crippen MR) is 77.5 cm³/mol. The summed E-state index contributed by atoms with van der Waals surface area (Å²) in [6.45, 7) is 2.09. The van der Waals surface area contributed by atoms with Crippen LogP contribution in [0.2, 0.25) is 5.02 Å². The molecule has 20 heavy (non-hydrogen) atoms. The zero-order chi connectivity index (χ0) is 14.8. The molecule has 2 rings (SSSR count). The van der Waals surface area contributed by atoms with E-state index >= 15 is 0 Å². The minimum absolute atomic E-state index is 0.181. The van der Waals surface area contributed by atoms with E-state index in [1.54, 1.807) is 12.1 Å². The maximum atomic E-state index is 11.6. The molecule has 1 aromatic rings. The third kappa shape index (κ3) is 3.39. The maximum absolute atomic E-state index is 11.6. The van der Waals surface area contributed by atoms with Crippen LogP contribution in [0.3, 0.4) is 0 Å². The van der Waals surface area contributed by atoms with E-state index in [0.717, 1.165) is 11.1 Å². The number of carbonyl (C=O) groups is 2. The first kappa shape index (κ1) is 14.6. The number of halogens is 1. The summed E-state index contributed by atoms with van der Waals surface area (Å²) >= 11 is 5.99. The highest BCUT2D eigenvalue weighted by molar-refractivity contribution is 6.31. The lowest BCUT2D eigenvalue weighted by molar-refractivity contribution is -0.143. The van der Waals surface area contributed by atoms with E-state index in [0.29, 0.717) is 17.9 Å². The highest BCUT2D eigenvalue weighted by Gasteiger charge is 2.50. The number of benzene rings is 1. The van der Waals surface area contributed by atoms with Gasteiger partial charge >= 0.3 is 5.97 Å². The van der Waals surface area contributed by atoms with Gasteiger partial charge < -0.3 is 10.4 Å². The van der Waals surface area contributed by atoms with Crippen LogP contribution < -0.4 is 5.32 Å². The predicted octanol–water partition coefficient (Wildman–Crippen LogP) is 2.64. The molecule has 0 aromatic heterocycles. The van der Waals surface area contributed by atoms with E-state index in [-0.39, 0.29) is 12.5 Å². The first-order valence-electron chi connectivity index (χ1n) is 6.38. The van der Waals surface area contributed by atoms with Crippen molar-refractivity contribution >= 4 is 29.6 Å². The van der Waals surface area contributed by atoms with Gasteiger partial charge in [0.2, 0.25) is 5.91 Å². The molecular weight excluding hydrogens is 278 g/mol. The fourth-order valence-corrected chi connectivity index (χ4v) is 2.01. The second-order valence-corrected chi connectivity index (χ2v) is 5.55. The van der Waals surface area contributed by atoms with Crippen LogP contribution in [-0.4, -0.2) is 23.5 Å². The van der Waals surface area contributed by atoms with Crippen LogP contribution in [-0.2, 0) is 9.59 Å². The highest BCUT2D eigenvalue weighted by atomic mass is 35.5. The molecule has 2 N–H and O–H groups in total. The molecule has 1 aliphatic carbocycles. The maximum Gasteiger partial charge on any atom is 0.311 e. The summed E-state index contributed by atoms with van der Waals surface area (Å²) in [5.74, 6) is -1.14. The van der Waals surface area contributed by atoms with Crippen LogP contribution in [0.1, 0.15) is 24.0 Å². The molecule has 1 aliphatic rings. The van der Waals surface area contributed by atoms with Gasteiger partial charge in [-0.25, -0.2) is 0 Å². The van der Waals surface area contributed by atoms with Crippen LogP contribution in [0.4, 0.5) is 0 Å². The Labute approximate surface area is 122 Å². The summed E-state index contributed by atoms with van der Waals surface area (Å²) < 4.78 is 0. The fraction of sp³-hybridized carbons (Fsp3) is 0.333. The van der Waals surface area contributed by atoms with Gasteiger partial charge in [0.1, 0.15) is 0 Å². The SMILES string of the molecule is Cc1ccc(/C=C/C(=O)NCC2(C(=O)O)CC2)cc1Cl. The fourth-order valence-electron chi connectivity index (χ4n) is 1.82. The first-order valence-corrected chi connectivity index (χ1v) is 6.76. The molecule has 5 heteroatoms. The van der Waals surface area contributed by atoms with E-state index in [9.17, 15) is 9.59 Å². The van der Waals surface area contributed by atoms with Crippen LogP contribution >= 0.6 is 11.6 Å². The second-order valence-electron chi connectivity index (χ2n) is 5.15. The zero-order valence-electron chi connectivity index (χ0n) is 11.1. The van der Waals surface area contributed by atoms with Crippen molar-refractivity contribution in [2.45, 2.75) is 19.8 Å². The zero-order valence-corrected chi connectivity index (χ0v) is 11.9. The minimum atomic E-state index is -0.841. The Hall–Kier alpha value is -1.81. The average Bonchev–Trinajstić information content (AvgIpc) is 3.19. The number of hydrogen-bond donors (Lipinski definition) is 2. The highest BCUT2D eigenvalue weighted by Crippen LogP contribution is 2.45. The van der Waals surface area contributed by atoms with Gasteiger partial charge in [0.15, 0.2) is 0 Å². The summed E-state index contributed by atoms with van der Waals surface area (Å²) in [7, 11) is 0. The number of rotatable bonds is 5. The quantitative estimate of drug-likeness (QED) is 0.820. The van der Waals surface area contributed by atoms with Crippen molar-refractivity contribution < 1.29 is 14.7 Å². The molecule has 4 nitrogen and oxygen atoms in total. The molecule has 0 spiro atoms. The average molecular weight is 294 g/mol. The molecule has 0 bridgehead atoms. The van der Waals surface area contributed by atoms with Gasteiger partial charge in [-0.15, -0.1) is 0 Å². The Kier molecular flexibility index (Phi) is 4.14. The molecule has 0 saturated heterocycles. The Morgan fingerprint density at radius 2 is 2.15 bits per heavy atom. The molecule has 1 aromatic carbocycles. The number of aliphatic carboxylic acids is 1. The Morgan fingerprint density at radius 3 is 2.70 bits per heavy atom. The molecular formula is C15H16ClNO3. The standard InChI is InChI=1S/C15H16ClNO3/c1-10-2-3-11(8-12(10)16)4-5-13(18)17-9-15(6-7-15)14(19)20/h2-5,8H,6-7,9H2,1H3,(H,17,18)(H,19,20)/b5-4+. The van der Waals surface area contributed by atoms with Crippen LogP contribution in [0.15, 0.2) is 24.3 Å². The number of carboxylic acid groups (broad SMARTS) is 1. The number of carboxylic acids is 1. The van der Waals surface area contributed by atoms with E-state index in [1.165, 1.54) is 6.08 Å². The molecule has 0 atom stereocenters. The van der Waals surface area contributed by atoms with Crippen LogP contribution in [0.25, 0.3) is 6.08 Å². The van der Waals surface area contributed by atoms with Gasteiger partial charge in [0.25, 0.3) is 0 Å². The number of amides is 1. The Morgan fingerprint density at radius 1 is 1.45 bits per heavy atom. The van der Waals surface area contributed by atoms with Gasteiger partial charge in [-0.2, -0.15) is 0 Å². The molecule has 1 amide bonds. The van der Waals surface area contributed by atoms with Crippen molar-refractivity contribution in [3.05, 3.63) is 40.4 Å². The van der Waals surface area contributed by atoms with Gasteiger partial charge in [0.05, 0.1) is 5.41 Å². The molecule has 106 valence electrons. The largest absolute Gasteiger partial charge is 0.481 e. The molecule has 0 heterocycles. The Balaban J connectivity index is 1.89. The molecule has 1 fully saturated rings.